The summed E-state index contributed by atoms with van der Waals surface area (Å²) in [5.74, 6) is 0.157. The Labute approximate surface area is 251 Å². The first-order chi connectivity index (χ1) is 19.2. The fourth-order valence-electron chi connectivity index (χ4n) is 4.57. The zero-order chi connectivity index (χ0) is 29.7. The minimum atomic E-state index is -1.03. The number of morpholine rings is 1. The first-order valence-electron chi connectivity index (χ1n) is 13.9. The van der Waals surface area contributed by atoms with Gasteiger partial charge in [0.15, 0.2) is 0 Å². The van der Waals surface area contributed by atoms with E-state index in [0.29, 0.717) is 23.3 Å². The summed E-state index contributed by atoms with van der Waals surface area (Å²) in [6, 6.07) is 16.9. The third kappa shape index (κ3) is 11.1. The molecule has 4 atom stereocenters. The molecule has 222 valence electrons. The molecule has 40 heavy (non-hydrogen) atoms. The van der Waals surface area contributed by atoms with Crippen molar-refractivity contribution in [2.45, 2.75) is 71.6 Å². The fourth-order valence-corrected chi connectivity index (χ4v) is 6.44. The Bertz CT molecular complexity index is 1060. The van der Waals surface area contributed by atoms with Crippen molar-refractivity contribution >= 4 is 46.1 Å². The molecule has 4 unspecified atom stereocenters. The van der Waals surface area contributed by atoms with E-state index in [-0.39, 0.29) is 18.0 Å². The van der Waals surface area contributed by atoms with Crippen LogP contribution >= 0.6 is 23.2 Å². The molecule has 2 aliphatic heterocycles. The molecule has 3 aliphatic rings. The van der Waals surface area contributed by atoms with Crippen molar-refractivity contribution in [2.24, 2.45) is 5.92 Å². The Balaban J connectivity index is 0.000000359. The lowest BCUT2D eigenvalue weighted by molar-refractivity contribution is -0.162. The van der Waals surface area contributed by atoms with Gasteiger partial charge in [0.1, 0.15) is 6.10 Å². The van der Waals surface area contributed by atoms with Crippen molar-refractivity contribution in [1.82, 2.24) is 9.21 Å². The van der Waals surface area contributed by atoms with Crippen molar-refractivity contribution < 1.29 is 23.6 Å². The number of amides is 1. The largest absolute Gasteiger partial charge is 0.481 e. The van der Waals surface area contributed by atoms with Crippen LogP contribution in [0.3, 0.4) is 0 Å². The van der Waals surface area contributed by atoms with Gasteiger partial charge >= 0.3 is 0 Å². The number of hydrogen-bond donors (Lipinski definition) is 1. The zero-order valence-corrected chi connectivity index (χ0v) is 26.1. The predicted molar refractivity (Wildman–Crippen MR) is 163 cm³/mol. The van der Waals surface area contributed by atoms with E-state index in [1.54, 1.807) is 0 Å². The quantitative estimate of drug-likeness (QED) is 0.396. The third-order valence-corrected chi connectivity index (χ3v) is 8.69. The highest BCUT2D eigenvalue weighted by molar-refractivity contribution is 7.82. The van der Waals surface area contributed by atoms with E-state index in [0.717, 1.165) is 56.3 Å². The molecule has 0 radical (unpaired) electrons. The molecule has 0 aromatic heterocycles. The summed E-state index contributed by atoms with van der Waals surface area (Å²) in [4.78, 5) is 24.1. The van der Waals surface area contributed by atoms with Gasteiger partial charge in [-0.25, -0.2) is 8.51 Å². The summed E-state index contributed by atoms with van der Waals surface area (Å²) < 4.78 is 20.8. The number of rotatable bonds is 6. The van der Waals surface area contributed by atoms with E-state index in [9.17, 15) is 9.00 Å². The summed E-state index contributed by atoms with van der Waals surface area (Å²) in [5.41, 5.74) is 1.03. The molecule has 1 amide bonds. The van der Waals surface area contributed by atoms with Crippen LogP contribution in [0.25, 0.3) is 0 Å². The Morgan fingerprint density at radius 1 is 1.02 bits per heavy atom. The number of benzene rings is 2. The van der Waals surface area contributed by atoms with Crippen LogP contribution in [0.1, 0.15) is 65.0 Å². The molecule has 1 saturated carbocycles. The van der Waals surface area contributed by atoms with Gasteiger partial charge in [0.25, 0.3) is 11.9 Å². The number of carboxylic acids is 1. The lowest BCUT2D eigenvalue weighted by Crippen LogP contribution is -2.55. The Morgan fingerprint density at radius 3 is 2.02 bits per heavy atom. The number of ether oxygens (including phenoxy) is 1. The third-order valence-electron chi connectivity index (χ3n) is 6.62. The molecule has 1 N–H and O–H groups in total. The monoisotopic (exact) mass is 612 g/mol. The predicted octanol–water partition coefficient (Wildman–Crippen LogP) is 6.62. The molecule has 0 bridgehead atoms. The minimum absolute atomic E-state index is 0.00552. The van der Waals surface area contributed by atoms with Gasteiger partial charge in [-0.1, -0.05) is 67.4 Å². The maximum atomic E-state index is 13.1. The highest BCUT2D eigenvalue weighted by Crippen LogP contribution is 2.41. The highest BCUT2D eigenvalue weighted by Gasteiger charge is 2.45. The van der Waals surface area contributed by atoms with Crippen molar-refractivity contribution in [2.75, 3.05) is 25.4 Å². The Morgan fingerprint density at radius 2 is 1.55 bits per heavy atom. The van der Waals surface area contributed by atoms with Crippen LogP contribution in [0, 0.1) is 5.92 Å². The molecule has 2 aromatic carbocycles. The smallest absolute Gasteiger partial charge is 0.300 e. The fraction of sp³-hybridized carbons (Fsp3) is 0.533. The van der Waals surface area contributed by atoms with Crippen LogP contribution in [0.2, 0.25) is 10.0 Å². The standard InChI is InChI=1S/C20H27ClN2O3S.C6H5Cl.C2H4O2.C2H6/c1-14-20(24)23(18(12-26-14)15-6-8-17(21)9-7-15)19(16-4-5-16)13-27(25)22-10-2-3-11-22;7-6-4-2-1-3-5-6;1-2(3)4;1-2/h6-9,14,16,18-19H,2-5,10-13H2,1H3;1-5H;1H3,(H,3,4);1-2H3. The molecule has 2 heterocycles. The lowest BCUT2D eigenvalue weighted by atomic mass is 9.99. The molecule has 5 rings (SSSR count). The topological polar surface area (TPSA) is 87.2 Å². The Kier molecular flexibility index (Phi) is 15.2. The van der Waals surface area contributed by atoms with Gasteiger partial charge in [-0.05, 0) is 68.4 Å². The van der Waals surface area contributed by atoms with Gasteiger partial charge in [0.05, 0.1) is 29.4 Å². The summed E-state index contributed by atoms with van der Waals surface area (Å²) in [6.45, 7) is 9.17. The van der Waals surface area contributed by atoms with Crippen molar-refractivity contribution in [3.8, 4) is 0 Å². The SMILES string of the molecule is CC.CC(=O)O.CC1OCC(c2ccc(Cl)cc2)N(C(CS(=O)N2CCCC2)C2CC2)C1=O.Clc1ccccc1. The number of carboxylic acid groups (broad SMARTS) is 1. The van der Waals surface area contributed by atoms with E-state index in [1.807, 2.05) is 80.3 Å². The number of aliphatic carboxylic acids is 1. The summed E-state index contributed by atoms with van der Waals surface area (Å²) in [5, 5.41) is 8.89. The van der Waals surface area contributed by atoms with E-state index in [4.69, 9.17) is 37.8 Å². The molecule has 2 aromatic rings. The van der Waals surface area contributed by atoms with E-state index >= 15 is 0 Å². The van der Waals surface area contributed by atoms with E-state index in [1.165, 1.54) is 0 Å². The molecule has 3 fully saturated rings. The average molecular weight is 614 g/mol. The van der Waals surface area contributed by atoms with E-state index < -0.39 is 23.1 Å². The highest BCUT2D eigenvalue weighted by atomic mass is 35.5. The van der Waals surface area contributed by atoms with Gasteiger partial charge < -0.3 is 14.7 Å². The second kappa shape index (κ2) is 17.8. The molecular weight excluding hydrogens is 571 g/mol. The number of carbonyl (C=O) groups is 2. The molecule has 10 heteroatoms. The first kappa shape index (κ1) is 34.2. The number of hydrogen-bond acceptors (Lipinski definition) is 4. The molecule has 2 saturated heterocycles. The molecule has 7 nitrogen and oxygen atoms in total. The summed E-state index contributed by atoms with van der Waals surface area (Å²) in [6.07, 6.45) is 3.99. The molecule has 1 aliphatic carbocycles. The van der Waals surface area contributed by atoms with E-state index in [2.05, 4.69) is 4.31 Å². The van der Waals surface area contributed by atoms with Crippen LogP contribution < -0.4 is 0 Å². The number of halogens is 2. The summed E-state index contributed by atoms with van der Waals surface area (Å²) >= 11 is 11.6. The van der Waals surface area contributed by atoms with Crippen LogP contribution in [0.15, 0.2) is 54.6 Å². The first-order valence-corrected chi connectivity index (χ1v) is 15.9. The normalized spacial score (nSPS) is 21.9. The van der Waals surface area contributed by atoms with Gasteiger partial charge in [0, 0.05) is 36.1 Å². The Hall–Kier alpha value is -1.97. The van der Waals surface area contributed by atoms with Crippen molar-refractivity contribution in [1.29, 1.82) is 0 Å². The maximum absolute atomic E-state index is 13.1. The number of carbonyl (C=O) groups excluding carboxylic acids is 1. The number of nitrogens with zero attached hydrogens (tertiary/aromatic N) is 2. The second-order valence-electron chi connectivity index (χ2n) is 9.63. The molecular formula is C30H42Cl2N2O5S. The van der Waals surface area contributed by atoms with Gasteiger partial charge in [-0.15, -0.1) is 0 Å². The van der Waals surface area contributed by atoms with Crippen LogP contribution in [-0.4, -0.2) is 68.0 Å². The van der Waals surface area contributed by atoms with Gasteiger partial charge in [0.2, 0.25) is 0 Å². The average Bonchev–Trinajstić information content (AvgIpc) is 3.63. The zero-order valence-electron chi connectivity index (χ0n) is 23.8. The van der Waals surface area contributed by atoms with Crippen molar-refractivity contribution in [3.63, 3.8) is 0 Å². The van der Waals surface area contributed by atoms with Crippen molar-refractivity contribution in [3.05, 3.63) is 70.2 Å². The minimum Gasteiger partial charge on any atom is -0.481 e. The van der Waals surface area contributed by atoms with Crippen LogP contribution in [0.4, 0.5) is 0 Å². The van der Waals surface area contributed by atoms with Gasteiger partial charge in [-0.2, -0.15) is 0 Å². The molecule has 0 spiro atoms. The maximum Gasteiger partial charge on any atom is 0.300 e. The van der Waals surface area contributed by atoms with Crippen LogP contribution in [0.5, 0.6) is 0 Å². The van der Waals surface area contributed by atoms with Crippen LogP contribution in [-0.2, 0) is 25.3 Å². The summed E-state index contributed by atoms with van der Waals surface area (Å²) in [7, 11) is -1.03. The van der Waals surface area contributed by atoms with Gasteiger partial charge in [-0.3, -0.25) is 9.59 Å². The second-order valence-corrected chi connectivity index (χ2v) is 12.0. The lowest BCUT2D eigenvalue weighted by Gasteiger charge is -2.43.